The van der Waals surface area contributed by atoms with Crippen LogP contribution in [0.25, 0.3) is 16.9 Å². The van der Waals surface area contributed by atoms with Crippen LogP contribution in [-0.4, -0.2) is 9.38 Å². The fourth-order valence-electron chi connectivity index (χ4n) is 2.00. The number of aromatic nitrogens is 2. The number of imidazole rings is 1. The third-order valence-electron chi connectivity index (χ3n) is 3.20. The lowest BCUT2D eigenvalue weighted by Gasteiger charge is -1.99. The Morgan fingerprint density at radius 1 is 1.11 bits per heavy atom. The second-order valence-electron chi connectivity index (χ2n) is 4.66. The molecule has 0 amide bonds. The number of aryl methyl sites for hydroxylation is 2. The molecule has 3 aromatic rings. The molecule has 19 heavy (non-hydrogen) atoms. The van der Waals surface area contributed by atoms with Gasteiger partial charge >= 0.3 is 0 Å². The minimum absolute atomic E-state index is 0.202. The summed E-state index contributed by atoms with van der Waals surface area (Å²) in [5.41, 5.74) is 4.19. The highest BCUT2D eigenvalue weighted by Gasteiger charge is 2.08. The zero-order valence-corrected chi connectivity index (χ0v) is 12.2. The largest absolute Gasteiger partial charge is 0.305 e. The van der Waals surface area contributed by atoms with Crippen LogP contribution in [0, 0.1) is 19.7 Å². The van der Waals surface area contributed by atoms with Gasteiger partial charge in [-0.2, -0.15) is 0 Å². The van der Waals surface area contributed by atoms with Crippen molar-refractivity contribution in [3.8, 4) is 11.3 Å². The lowest BCUT2D eigenvalue weighted by molar-refractivity contribution is 0.619. The van der Waals surface area contributed by atoms with E-state index in [0.29, 0.717) is 5.56 Å². The van der Waals surface area contributed by atoms with Crippen LogP contribution >= 0.6 is 15.9 Å². The van der Waals surface area contributed by atoms with Crippen molar-refractivity contribution in [1.29, 1.82) is 0 Å². The minimum atomic E-state index is -0.202. The highest BCUT2D eigenvalue weighted by Crippen LogP contribution is 2.24. The summed E-state index contributed by atoms with van der Waals surface area (Å²) in [5, 5.41) is 0. The molecular weight excluding hydrogens is 307 g/mol. The number of pyridine rings is 1. The maximum atomic E-state index is 13.6. The highest BCUT2D eigenvalue weighted by molar-refractivity contribution is 9.10. The molecule has 0 bridgehead atoms. The van der Waals surface area contributed by atoms with Gasteiger partial charge in [-0.3, -0.25) is 0 Å². The van der Waals surface area contributed by atoms with E-state index in [2.05, 4.69) is 20.9 Å². The molecule has 0 spiro atoms. The van der Waals surface area contributed by atoms with Gasteiger partial charge in [0.2, 0.25) is 0 Å². The first-order chi connectivity index (χ1) is 9.04. The summed E-state index contributed by atoms with van der Waals surface area (Å²) in [6.07, 6.45) is 3.87. The van der Waals surface area contributed by atoms with Crippen LogP contribution in [0.4, 0.5) is 4.39 Å². The Labute approximate surface area is 119 Å². The molecule has 0 aliphatic heterocycles. The van der Waals surface area contributed by atoms with E-state index in [-0.39, 0.29) is 5.82 Å². The summed E-state index contributed by atoms with van der Waals surface area (Å²) in [4.78, 5) is 4.53. The number of fused-ring (bicyclic) bond motifs is 1. The van der Waals surface area contributed by atoms with Crippen LogP contribution in [0.15, 0.2) is 41.1 Å². The molecule has 0 N–H and O–H groups in total. The molecule has 0 unspecified atom stereocenters. The molecule has 2 heterocycles. The maximum Gasteiger partial charge on any atom is 0.137 e. The van der Waals surface area contributed by atoms with E-state index in [0.717, 1.165) is 26.9 Å². The van der Waals surface area contributed by atoms with E-state index in [9.17, 15) is 4.39 Å². The van der Waals surface area contributed by atoms with Crippen molar-refractivity contribution >= 4 is 21.6 Å². The van der Waals surface area contributed by atoms with E-state index in [1.165, 1.54) is 6.07 Å². The Bertz CT molecular complexity index is 738. The zero-order chi connectivity index (χ0) is 13.6. The van der Waals surface area contributed by atoms with E-state index >= 15 is 0 Å². The van der Waals surface area contributed by atoms with Crippen molar-refractivity contribution in [3.05, 3.63) is 58.1 Å². The van der Waals surface area contributed by atoms with Gasteiger partial charge in [-0.05, 0) is 53.0 Å². The summed E-state index contributed by atoms with van der Waals surface area (Å²) in [6.45, 7) is 3.77. The SMILES string of the molecule is Cc1ccc(-c2cn3cc(Br)c(C)cc3n2)cc1F. The molecule has 0 aliphatic carbocycles. The Morgan fingerprint density at radius 2 is 1.89 bits per heavy atom. The lowest BCUT2D eigenvalue weighted by atomic mass is 10.1. The van der Waals surface area contributed by atoms with Crippen LogP contribution in [0.3, 0.4) is 0 Å². The van der Waals surface area contributed by atoms with E-state index in [1.807, 2.05) is 35.9 Å². The summed E-state index contributed by atoms with van der Waals surface area (Å²) >= 11 is 3.49. The van der Waals surface area contributed by atoms with Gasteiger partial charge in [0, 0.05) is 22.4 Å². The van der Waals surface area contributed by atoms with Gasteiger partial charge in [0.15, 0.2) is 0 Å². The third-order valence-corrected chi connectivity index (χ3v) is 4.03. The number of nitrogens with zero attached hydrogens (tertiary/aromatic N) is 2. The normalized spacial score (nSPS) is 11.2. The molecule has 0 fully saturated rings. The second-order valence-corrected chi connectivity index (χ2v) is 5.51. The second kappa shape index (κ2) is 4.46. The molecule has 0 saturated heterocycles. The summed E-state index contributed by atoms with van der Waals surface area (Å²) in [5.74, 6) is -0.202. The summed E-state index contributed by atoms with van der Waals surface area (Å²) in [6, 6.07) is 7.19. The Hall–Kier alpha value is -1.68. The number of halogens is 2. The van der Waals surface area contributed by atoms with Gasteiger partial charge in [-0.15, -0.1) is 0 Å². The van der Waals surface area contributed by atoms with Crippen LogP contribution in [0.1, 0.15) is 11.1 Å². The molecule has 0 aliphatic rings. The topological polar surface area (TPSA) is 17.3 Å². The molecule has 0 saturated carbocycles. The van der Waals surface area contributed by atoms with Gasteiger partial charge in [0.1, 0.15) is 11.5 Å². The Morgan fingerprint density at radius 3 is 2.63 bits per heavy atom. The molecule has 2 nitrogen and oxygen atoms in total. The van der Waals surface area contributed by atoms with E-state index in [1.54, 1.807) is 13.0 Å². The van der Waals surface area contributed by atoms with Gasteiger partial charge in [-0.25, -0.2) is 9.37 Å². The maximum absolute atomic E-state index is 13.6. The fraction of sp³-hybridized carbons (Fsp3) is 0.133. The summed E-state index contributed by atoms with van der Waals surface area (Å²) in [7, 11) is 0. The standard InChI is InChI=1S/C15H12BrFN2/c1-9-3-4-11(6-13(9)17)14-8-19-7-12(16)10(2)5-15(19)18-14/h3-8H,1-2H3. The van der Waals surface area contributed by atoms with Crippen LogP contribution in [0.5, 0.6) is 0 Å². The van der Waals surface area contributed by atoms with Gasteiger partial charge < -0.3 is 4.40 Å². The smallest absolute Gasteiger partial charge is 0.137 e. The van der Waals surface area contributed by atoms with Gasteiger partial charge in [0.05, 0.1) is 5.69 Å². The van der Waals surface area contributed by atoms with Crippen LogP contribution in [-0.2, 0) is 0 Å². The Kier molecular flexibility index (Phi) is 2.90. The molecule has 1 aromatic carbocycles. The van der Waals surface area contributed by atoms with Crippen molar-refractivity contribution in [2.75, 3.05) is 0 Å². The first-order valence-corrected chi connectivity index (χ1v) is 6.75. The third kappa shape index (κ3) is 2.16. The molecule has 4 heteroatoms. The highest BCUT2D eigenvalue weighted by atomic mass is 79.9. The summed E-state index contributed by atoms with van der Waals surface area (Å²) < 4.78 is 16.6. The first kappa shape index (κ1) is 12.4. The van der Waals surface area contributed by atoms with Crippen LogP contribution in [0.2, 0.25) is 0 Å². The Balaban J connectivity index is 2.17. The van der Waals surface area contributed by atoms with Crippen molar-refractivity contribution in [3.63, 3.8) is 0 Å². The molecule has 3 rings (SSSR count). The predicted molar refractivity (Wildman–Crippen MR) is 77.8 cm³/mol. The minimum Gasteiger partial charge on any atom is -0.305 e. The van der Waals surface area contributed by atoms with Crippen LogP contribution < -0.4 is 0 Å². The average molecular weight is 319 g/mol. The number of hydrogen-bond acceptors (Lipinski definition) is 1. The van der Waals surface area contributed by atoms with Crippen molar-refractivity contribution in [2.45, 2.75) is 13.8 Å². The van der Waals surface area contributed by atoms with Gasteiger partial charge in [-0.1, -0.05) is 12.1 Å². The quantitative estimate of drug-likeness (QED) is 0.644. The number of benzene rings is 1. The fourth-order valence-corrected chi connectivity index (χ4v) is 2.33. The molecule has 0 radical (unpaired) electrons. The van der Waals surface area contributed by atoms with Crippen molar-refractivity contribution in [1.82, 2.24) is 9.38 Å². The number of rotatable bonds is 1. The molecule has 0 atom stereocenters. The molecule has 2 aromatic heterocycles. The van der Waals surface area contributed by atoms with Crippen molar-refractivity contribution in [2.24, 2.45) is 0 Å². The van der Waals surface area contributed by atoms with Crippen molar-refractivity contribution < 1.29 is 4.39 Å². The number of hydrogen-bond donors (Lipinski definition) is 0. The predicted octanol–water partition coefficient (Wildman–Crippen LogP) is 4.52. The van der Waals surface area contributed by atoms with Gasteiger partial charge in [0.25, 0.3) is 0 Å². The average Bonchev–Trinajstić information content (AvgIpc) is 2.76. The molecule has 96 valence electrons. The van der Waals surface area contributed by atoms with E-state index in [4.69, 9.17) is 0 Å². The molecular formula is C15H12BrFN2. The first-order valence-electron chi connectivity index (χ1n) is 5.96. The monoisotopic (exact) mass is 318 g/mol. The lowest BCUT2D eigenvalue weighted by Crippen LogP contribution is -1.85. The van der Waals surface area contributed by atoms with E-state index < -0.39 is 0 Å². The zero-order valence-electron chi connectivity index (χ0n) is 10.6.